The van der Waals surface area contributed by atoms with Gasteiger partial charge in [0.05, 0.1) is 12.8 Å². The van der Waals surface area contributed by atoms with Crippen molar-refractivity contribution in [3.05, 3.63) is 65.9 Å². The fraction of sp³-hybridized carbons (Fsp3) is 0.238. The van der Waals surface area contributed by atoms with Crippen LogP contribution in [-0.4, -0.2) is 43.3 Å². The number of halogens is 1. The second kappa shape index (κ2) is 8.35. The molecular weight excluding hydrogens is 376 g/mol. The zero-order valence-electron chi connectivity index (χ0n) is 15.6. The molecule has 1 fully saturated rings. The highest BCUT2D eigenvalue weighted by Crippen LogP contribution is 2.29. The number of anilines is 2. The van der Waals surface area contributed by atoms with Gasteiger partial charge in [-0.05, 0) is 36.4 Å². The first-order chi connectivity index (χ1) is 13.7. The smallest absolute Gasteiger partial charge is 0.224 e. The molecule has 4 rings (SSSR count). The van der Waals surface area contributed by atoms with Crippen LogP contribution in [0.1, 0.15) is 0 Å². The lowest BCUT2D eigenvalue weighted by Crippen LogP contribution is -2.47. The number of rotatable bonds is 5. The van der Waals surface area contributed by atoms with E-state index in [1.807, 2.05) is 36.4 Å². The summed E-state index contributed by atoms with van der Waals surface area (Å²) in [5, 5.41) is 0.670. The molecule has 0 bridgehead atoms. The molecule has 3 aromatic rings. The predicted octanol–water partition coefficient (Wildman–Crippen LogP) is 4.26. The van der Waals surface area contributed by atoms with Gasteiger partial charge in [0.15, 0.2) is 0 Å². The average molecular weight is 397 g/mol. The number of hydrogen-bond acceptors (Lipinski definition) is 6. The number of benzene rings is 2. The van der Waals surface area contributed by atoms with Crippen molar-refractivity contribution in [3.8, 4) is 17.4 Å². The second-order valence-corrected chi connectivity index (χ2v) is 6.85. The van der Waals surface area contributed by atoms with E-state index in [0.717, 1.165) is 43.4 Å². The molecule has 6 nitrogen and oxygen atoms in total. The summed E-state index contributed by atoms with van der Waals surface area (Å²) in [5.74, 6) is 2.96. The Morgan fingerprint density at radius 3 is 2.36 bits per heavy atom. The number of methoxy groups -OCH3 is 1. The third-order valence-electron chi connectivity index (χ3n) is 4.69. The summed E-state index contributed by atoms with van der Waals surface area (Å²) in [4.78, 5) is 13.2. The first-order valence-corrected chi connectivity index (χ1v) is 9.49. The van der Waals surface area contributed by atoms with Crippen molar-refractivity contribution in [2.75, 3.05) is 43.1 Å². The molecule has 0 N–H and O–H groups in total. The third kappa shape index (κ3) is 4.12. The van der Waals surface area contributed by atoms with Crippen LogP contribution < -0.4 is 19.3 Å². The summed E-state index contributed by atoms with van der Waals surface area (Å²) in [6.45, 7) is 3.49. The Morgan fingerprint density at radius 2 is 1.61 bits per heavy atom. The Labute approximate surface area is 169 Å². The molecule has 0 aliphatic carbocycles. The largest absolute Gasteiger partial charge is 0.495 e. The van der Waals surface area contributed by atoms with Gasteiger partial charge in [0.25, 0.3) is 0 Å². The quantitative estimate of drug-likeness (QED) is 0.642. The van der Waals surface area contributed by atoms with Crippen molar-refractivity contribution in [3.63, 3.8) is 0 Å². The first kappa shape index (κ1) is 18.4. The SMILES string of the molecule is COc1ccccc1N1CCN(c2cc(Oc3ccc(Cl)cc3)ncn2)CC1. The number of para-hydroxylation sites is 2. The van der Waals surface area contributed by atoms with Crippen LogP contribution in [0.15, 0.2) is 60.9 Å². The van der Waals surface area contributed by atoms with Crippen molar-refractivity contribution in [1.82, 2.24) is 9.97 Å². The van der Waals surface area contributed by atoms with Crippen LogP contribution in [0.5, 0.6) is 17.4 Å². The van der Waals surface area contributed by atoms with Crippen molar-refractivity contribution >= 4 is 23.1 Å². The van der Waals surface area contributed by atoms with E-state index in [4.69, 9.17) is 21.1 Å². The summed E-state index contributed by atoms with van der Waals surface area (Å²) >= 11 is 5.92. The molecule has 0 atom stereocenters. The Hall–Kier alpha value is -2.99. The van der Waals surface area contributed by atoms with Crippen molar-refractivity contribution < 1.29 is 9.47 Å². The summed E-state index contributed by atoms with van der Waals surface area (Å²) in [5.41, 5.74) is 1.12. The lowest BCUT2D eigenvalue weighted by atomic mass is 10.2. The molecule has 28 heavy (non-hydrogen) atoms. The molecule has 0 unspecified atom stereocenters. The van der Waals surface area contributed by atoms with Crippen LogP contribution in [0.2, 0.25) is 5.02 Å². The van der Waals surface area contributed by atoms with Crippen LogP contribution >= 0.6 is 11.6 Å². The lowest BCUT2D eigenvalue weighted by Gasteiger charge is -2.37. The van der Waals surface area contributed by atoms with Gasteiger partial charge in [-0.2, -0.15) is 0 Å². The standard InChI is InChI=1S/C21H21ClN4O2/c1-27-19-5-3-2-4-18(19)25-10-12-26(13-11-25)20-14-21(24-15-23-20)28-17-8-6-16(22)7-9-17/h2-9,14-15H,10-13H2,1H3. The fourth-order valence-corrected chi connectivity index (χ4v) is 3.38. The Morgan fingerprint density at radius 1 is 0.893 bits per heavy atom. The fourth-order valence-electron chi connectivity index (χ4n) is 3.25. The zero-order valence-corrected chi connectivity index (χ0v) is 16.3. The summed E-state index contributed by atoms with van der Waals surface area (Å²) < 4.78 is 11.3. The van der Waals surface area contributed by atoms with Crippen LogP contribution in [0.3, 0.4) is 0 Å². The van der Waals surface area contributed by atoms with Gasteiger partial charge >= 0.3 is 0 Å². The molecule has 2 aromatic carbocycles. The van der Waals surface area contributed by atoms with Gasteiger partial charge in [-0.25, -0.2) is 9.97 Å². The Kier molecular flexibility index (Phi) is 5.48. The maximum absolute atomic E-state index is 5.92. The summed E-state index contributed by atoms with van der Waals surface area (Å²) in [6, 6.07) is 17.2. The number of aromatic nitrogens is 2. The minimum absolute atomic E-state index is 0.513. The highest BCUT2D eigenvalue weighted by atomic mass is 35.5. The highest BCUT2D eigenvalue weighted by molar-refractivity contribution is 6.30. The van der Waals surface area contributed by atoms with Gasteiger partial charge in [-0.15, -0.1) is 0 Å². The van der Waals surface area contributed by atoms with Crippen LogP contribution in [0, 0.1) is 0 Å². The topological polar surface area (TPSA) is 50.7 Å². The van der Waals surface area contributed by atoms with E-state index in [-0.39, 0.29) is 0 Å². The zero-order chi connectivity index (χ0) is 19.3. The van der Waals surface area contributed by atoms with Gasteiger partial charge in [-0.1, -0.05) is 23.7 Å². The van der Waals surface area contributed by atoms with E-state index in [9.17, 15) is 0 Å². The second-order valence-electron chi connectivity index (χ2n) is 6.42. The van der Waals surface area contributed by atoms with E-state index in [1.165, 1.54) is 6.33 Å². The molecule has 2 heterocycles. The molecule has 0 spiro atoms. The number of piperazine rings is 1. The first-order valence-electron chi connectivity index (χ1n) is 9.11. The number of hydrogen-bond donors (Lipinski definition) is 0. The van der Waals surface area contributed by atoms with Gasteiger partial charge in [0, 0.05) is 37.3 Å². The molecule has 0 saturated carbocycles. The molecule has 1 aliphatic heterocycles. The van der Waals surface area contributed by atoms with Gasteiger partial charge in [0.1, 0.15) is 23.6 Å². The third-order valence-corrected chi connectivity index (χ3v) is 4.95. The molecule has 1 aliphatic rings. The van der Waals surface area contributed by atoms with E-state index >= 15 is 0 Å². The monoisotopic (exact) mass is 396 g/mol. The average Bonchev–Trinajstić information content (AvgIpc) is 2.76. The summed E-state index contributed by atoms with van der Waals surface area (Å²) in [7, 11) is 1.71. The van der Waals surface area contributed by atoms with Crippen LogP contribution in [0.4, 0.5) is 11.5 Å². The van der Waals surface area contributed by atoms with E-state index in [2.05, 4.69) is 25.8 Å². The minimum Gasteiger partial charge on any atom is -0.495 e. The maximum Gasteiger partial charge on any atom is 0.224 e. The Bertz CT molecular complexity index is 928. The van der Waals surface area contributed by atoms with Crippen molar-refractivity contribution in [2.24, 2.45) is 0 Å². The van der Waals surface area contributed by atoms with E-state index in [1.54, 1.807) is 19.2 Å². The molecule has 0 amide bonds. The molecule has 1 aromatic heterocycles. The maximum atomic E-state index is 5.92. The Balaban J connectivity index is 1.42. The van der Waals surface area contributed by atoms with Crippen LogP contribution in [0.25, 0.3) is 0 Å². The van der Waals surface area contributed by atoms with Crippen molar-refractivity contribution in [2.45, 2.75) is 0 Å². The summed E-state index contributed by atoms with van der Waals surface area (Å²) in [6.07, 6.45) is 1.53. The molecular formula is C21H21ClN4O2. The lowest BCUT2D eigenvalue weighted by molar-refractivity contribution is 0.413. The van der Waals surface area contributed by atoms with Gasteiger partial charge in [-0.3, -0.25) is 0 Å². The number of nitrogens with zero attached hydrogens (tertiary/aromatic N) is 4. The molecule has 7 heteroatoms. The van der Waals surface area contributed by atoms with E-state index in [0.29, 0.717) is 16.7 Å². The number of ether oxygens (including phenoxy) is 2. The predicted molar refractivity (Wildman–Crippen MR) is 111 cm³/mol. The highest BCUT2D eigenvalue weighted by Gasteiger charge is 2.21. The van der Waals surface area contributed by atoms with E-state index < -0.39 is 0 Å². The van der Waals surface area contributed by atoms with Gasteiger partial charge < -0.3 is 19.3 Å². The molecule has 0 radical (unpaired) electrons. The van der Waals surface area contributed by atoms with Crippen LogP contribution in [-0.2, 0) is 0 Å². The molecule has 1 saturated heterocycles. The normalized spacial score (nSPS) is 14.1. The minimum atomic E-state index is 0.513. The van der Waals surface area contributed by atoms with Crippen molar-refractivity contribution in [1.29, 1.82) is 0 Å². The molecule has 144 valence electrons. The van der Waals surface area contributed by atoms with Gasteiger partial charge in [0.2, 0.25) is 5.88 Å².